The SMILES string of the molecule is Cc1cc(-c2ccccc2)c2nc(Nc3cccs3)oc2n1. The molecule has 1 N–H and O–H groups in total. The van der Waals surface area contributed by atoms with E-state index in [1.54, 1.807) is 11.3 Å². The Morgan fingerprint density at radius 3 is 2.68 bits per heavy atom. The fraction of sp³-hybridized carbons (Fsp3) is 0.0588. The largest absolute Gasteiger partial charge is 0.404 e. The number of nitrogens with one attached hydrogen (secondary N) is 1. The standard InChI is InChI=1S/C17H13N3OS/c1-11-10-13(12-6-3-2-4-7-12)15-16(18-11)21-17(20-15)19-14-8-5-9-22-14/h2-10H,1H3,(H,19,20). The van der Waals surface area contributed by atoms with Gasteiger partial charge in [0, 0.05) is 11.3 Å². The lowest BCUT2D eigenvalue weighted by Gasteiger charge is -2.02. The molecule has 0 spiro atoms. The van der Waals surface area contributed by atoms with E-state index in [0.29, 0.717) is 11.7 Å². The average Bonchev–Trinajstić information content (AvgIpc) is 3.17. The van der Waals surface area contributed by atoms with E-state index in [9.17, 15) is 0 Å². The summed E-state index contributed by atoms with van der Waals surface area (Å²) >= 11 is 1.60. The zero-order chi connectivity index (χ0) is 14.9. The molecule has 3 aromatic heterocycles. The highest BCUT2D eigenvalue weighted by molar-refractivity contribution is 7.14. The Kier molecular flexibility index (Phi) is 3.12. The normalized spacial score (nSPS) is 11.0. The summed E-state index contributed by atoms with van der Waals surface area (Å²) in [4.78, 5) is 9.02. The van der Waals surface area contributed by atoms with E-state index in [1.807, 2.05) is 48.7 Å². The first-order valence-corrected chi connectivity index (χ1v) is 7.82. The van der Waals surface area contributed by atoms with Gasteiger partial charge >= 0.3 is 6.01 Å². The molecular formula is C17H13N3OS. The van der Waals surface area contributed by atoms with Crippen molar-refractivity contribution in [3.05, 3.63) is 59.6 Å². The summed E-state index contributed by atoms with van der Waals surface area (Å²) in [5, 5.41) is 6.17. The monoisotopic (exact) mass is 307 g/mol. The molecule has 3 heterocycles. The maximum atomic E-state index is 5.76. The third-order valence-corrected chi connectivity index (χ3v) is 4.12. The van der Waals surface area contributed by atoms with Crippen LogP contribution in [-0.4, -0.2) is 9.97 Å². The zero-order valence-corrected chi connectivity index (χ0v) is 12.7. The molecule has 0 saturated carbocycles. The summed E-state index contributed by atoms with van der Waals surface area (Å²) in [5.74, 6) is 0. The van der Waals surface area contributed by atoms with Crippen LogP contribution in [0.25, 0.3) is 22.4 Å². The highest BCUT2D eigenvalue weighted by Gasteiger charge is 2.14. The van der Waals surface area contributed by atoms with Gasteiger partial charge in [0.25, 0.3) is 0 Å². The van der Waals surface area contributed by atoms with Crippen molar-refractivity contribution in [2.24, 2.45) is 0 Å². The number of pyridine rings is 1. The van der Waals surface area contributed by atoms with Crippen molar-refractivity contribution >= 4 is 33.6 Å². The van der Waals surface area contributed by atoms with Crippen LogP contribution >= 0.6 is 11.3 Å². The van der Waals surface area contributed by atoms with E-state index in [0.717, 1.165) is 27.3 Å². The molecule has 4 aromatic rings. The van der Waals surface area contributed by atoms with Crippen molar-refractivity contribution in [3.63, 3.8) is 0 Å². The Morgan fingerprint density at radius 2 is 1.91 bits per heavy atom. The number of aryl methyl sites for hydroxylation is 1. The number of hydrogen-bond donors (Lipinski definition) is 1. The second-order valence-corrected chi connectivity index (χ2v) is 5.90. The Hall–Kier alpha value is -2.66. The van der Waals surface area contributed by atoms with Gasteiger partial charge in [-0.05, 0) is 36.1 Å². The lowest BCUT2D eigenvalue weighted by molar-refractivity contribution is 0.610. The minimum absolute atomic E-state index is 0.465. The summed E-state index contributed by atoms with van der Waals surface area (Å²) in [6.45, 7) is 1.96. The van der Waals surface area contributed by atoms with Crippen LogP contribution < -0.4 is 5.32 Å². The molecule has 22 heavy (non-hydrogen) atoms. The highest BCUT2D eigenvalue weighted by Crippen LogP contribution is 2.31. The molecule has 0 fully saturated rings. The Balaban J connectivity index is 1.85. The number of hydrogen-bond acceptors (Lipinski definition) is 5. The van der Waals surface area contributed by atoms with E-state index in [4.69, 9.17) is 4.42 Å². The van der Waals surface area contributed by atoms with Crippen LogP contribution in [0.15, 0.2) is 58.3 Å². The molecule has 0 bridgehead atoms. The van der Waals surface area contributed by atoms with Gasteiger partial charge in [-0.2, -0.15) is 4.98 Å². The van der Waals surface area contributed by atoms with Crippen LogP contribution in [0.5, 0.6) is 0 Å². The summed E-state index contributed by atoms with van der Waals surface area (Å²) in [6.07, 6.45) is 0. The number of aromatic nitrogens is 2. The fourth-order valence-electron chi connectivity index (χ4n) is 2.38. The predicted octanol–water partition coefficient (Wildman–Crippen LogP) is 5.00. The first-order valence-electron chi connectivity index (χ1n) is 6.94. The molecule has 0 atom stereocenters. The molecule has 0 unspecified atom stereocenters. The van der Waals surface area contributed by atoms with Gasteiger partial charge in [0.2, 0.25) is 5.71 Å². The highest BCUT2D eigenvalue weighted by atomic mass is 32.1. The van der Waals surface area contributed by atoms with Crippen LogP contribution in [-0.2, 0) is 0 Å². The number of nitrogens with zero attached hydrogens (tertiary/aromatic N) is 2. The molecule has 4 rings (SSSR count). The van der Waals surface area contributed by atoms with Crippen LogP contribution in [0, 0.1) is 6.92 Å². The van der Waals surface area contributed by atoms with Crippen LogP contribution in [0.4, 0.5) is 11.0 Å². The predicted molar refractivity (Wildman–Crippen MR) is 89.6 cm³/mol. The lowest BCUT2D eigenvalue weighted by Crippen LogP contribution is -1.87. The molecule has 0 aliphatic heterocycles. The molecule has 0 saturated heterocycles. The molecule has 0 radical (unpaired) electrons. The molecule has 0 aliphatic rings. The van der Waals surface area contributed by atoms with Crippen LogP contribution in [0.2, 0.25) is 0 Å². The quantitative estimate of drug-likeness (QED) is 0.578. The Labute approximate surface area is 131 Å². The summed E-state index contributed by atoms with van der Waals surface area (Å²) in [5.41, 5.74) is 4.37. The Morgan fingerprint density at radius 1 is 1.05 bits per heavy atom. The van der Waals surface area contributed by atoms with E-state index < -0.39 is 0 Å². The van der Waals surface area contributed by atoms with Gasteiger partial charge in [0.1, 0.15) is 5.52 Å². The molecule has 108 valence electrons. The number of anilines is 2. The number of benzene rings is 1. The van der Waals surface area contributed by atoms with Crippen molar-refractivity contribution in [2.75, 3.05) is 5.32 Å². The van der Waals surface area contributed by atoms with Gasteiger partial charge in [0.15, 0.2) is 0 Å². The maximum Gasteiger partial charge on any atom is 0.302 e. The van der Waals surface area contributed by atoms with Gasteiger partial charge in [0.05, 0.1) is 5.00 Å². The van der Waals surface area contributed by atoms with Crippen molar-refractivity contribution in [1.82, 2.24) is 9.97 Å². The molecule has 1 aromatic carbocycles. The third kappa shape index (κ3) is 2.35. The molecule has 4 nitrogen and oxygen atoms in total. The first-order chi connectivity index (χ1) is 10.8. The van der Waals surface area contributed by atoms with Crippen LogP contribution in [0.3, 0.4) is 0 Å². The van der Waals surface area contributed by atoms with Crippen LogP contribution in [0.1, 0.15) is 5.69 Å². The van der Waals surface area contributed by atoms with E-state index >= 15 is 0 Å². The van der Waals surface area contributed by atoms with Gasteiger partial charge in [-0.15, -0.1) is 11.3 Å². The second kappa shape index (κ2) is 5.27. The minimum Gasteiger partial charge on any atom is -0.404 e. The van der Waals surface area contributed by atoms with Gasteiger partial charge < -0.3 is 9.73 Å². The smallest absolute Gasteiger partial charge is 0.302 e. The summed E-state index contributed by atoms with van der Waals surface area (Å²) < 4.78 is 5.76. The fourth-order valence-corrected chi connectivity index (χ4v) is 2.99. The molecular weight excluding hydrogens is 294 g/mol. The van der Waals surface area contributed by atoms with Crippen molar-refractivity contribution in [1.29, 1.82) is 0 Å². The first kappa shape index (κ1) is 13.0. The lowest BCUT2D eigenvalue weighted by atomic mass is 10.1. The van der Waals surface area contributed by atoms with Gasteiger partial charge in [-0.3, -0.25) is 0 Å². The third-order valence-electron chi connectivity index (χ3n) is 3.33. The topological polar surface area (TPSA) is 51.0 Å². The molecule has 0 aliphatic carbocycles. The van der Waals surface area contributed by atoms with Crippen molar-refractivity contribution in [2.45, 2.75) is 6.92 Å². The molecule has 0 amide bonds. The van der Waals surface area contributed by atoms with Crippen molar-refractivity contribution in [3.8, 4) is 11.1 Å². The maximum absolute atomic E-state index is 5.76. The molecule has 5 heteroatoms. The Bertz CT molecular complexity index is 914. The van der Waals surface area contributed by atoms with Gasteiger partial charge in [-0.1, -0.05) is 30.3 Å². The second-order valence-electron chi connectivity index (χ2n) is 4.95. The van der Waals surface area contributed by atoms with Gasteiger partial charge in [-0.25, -0.2) is 4.98 Å². The number of rotatable bonds is 3. The average molecular weight is 307 g/mol. The summed E-state index contributed by atoms with van der Waals surface area (Å²) in [6, 6.07) is 16.6. The number of thiophene rings is 1. The number of oxazole rings is 1. The minimum atomic E-state index is 0.465. The summed E-state index contributed by atoms with van der Waals surface area (Å²) in [7, 11) is 0. The van der Waals surface area contributed by atoms with E-state index in [-0.39, 0.29) is 0 Å². The zero-order valence-electron chi connectivity index (χ0n) is 11.9. The number of fused-ring (bicyclic) bond motifs is 1. The van der Waals surface area contributed by atoms with E-state index in [1.165, 1.54) is 0 Å². The van der Waals surface area contributed by atoms with Crippen molar-refractivity contribution < 1.29 is 4.42 Å². The van der Waals surface area contributed by atoms with E-state index in [2.05, 4.69) is 27.4 Å².